The highest BCUT2D eigenvalue weighted by Crippen LogP contribution is 2.24. The number of hydrogen-bond donors (Lipinski definition) is 2. The smallest absolute Gasteiger partial charge is 0.355 e. The molecule has 1 rings (SSSR count). The van der Waals surface area contributed by atoms with Crippen molar-refractivity contribution in [1.82, 2.24) is 0 Å². The molecule has 0 radical (unpaired) electrons. The van der Waals surface area contributed by atoms with Crippen LogP contribution in [-0.4, -0.2) is 28.3 Å². The Labute approximate surface area is 105 Å². The minimum atomic E-state index is -2.66. The molecule has 2 N–H and O–H groups in total. The van der Waals surface area contributed by atoms with E-state index in [0.717, 1.165) is 0 Å². The van der Waals surface area contributed by atoms with E-state index >= 15 is 0 Å². The molecule has 0 heterocycles. The summed E-state index contributed by atoms with van der Waals surface area (Å²) in [7, 11) is 0. The zero-order valence-electron chi connectivity index (χ0n) is 10.3. The third-order valence-corrected chi connectivity index (χ3v) is 2.68. The highest BCUT2D eigenvalue weighted by atomic mass is 16.6. The van der Waals surface area contributed by atoms with Crippen molar-refractivity contribution < 1.29 is 24.5 Å². The molecule has 5 heteroatoms. The van der Waals surface area contributed by atoms with E-state index in [1.165, 1.54) is 12.1 Å². The van der Waals surface area contributed by atoms with Gasteiger partial charge in [0, 0.05) is 5.56 Å². The van der Waals surface area contributed by atoms with Crippen molar-refractivity contribution in [3.05, 3.63) is 35.9 Å². The molecule has 0 amide bonds. The number of rotatable bonds is 5. The molecular formula is C13H16O5. The molecule has 0 bridgehead atoms. The minimum Gasteiger partial charge on any atom is -0.478 e. The summed E-state index contributed by atoms with van der Waals surface area (Å²) in [6, 6.07) is 7.48. The van der Waals surface area contributed by atoms with Crippen molar-refractivity contribution in [2.24, 2.45) is 0 Å². The van der Waals surface area contributed by atoms with E-state index in [9.17, 15) is 14.7 Å². The van der Waals surface area contributed by atoms with Gasteiger partial charge in [-0.2, -0.15) is 0 Å². The topological polar surface area (TPSA) is 83.8 Å². The predicted octanol–water partition coefficient (Wildman–Crippen LogP) is 1.30. The molecule has 0 aliphatic carbocycles. The number of carboxylic acids is 1. The lowest BCUT2D eigenvalue weighted by molar-refractivity contribution is -0.184. The van der Waals surface area contributed by atoms with E-state index in [0.29, 0.717) is 6.42 Å². The van der Waals surface area contributed by atoms with Gasteiger partial charge in [-0.15, -0.1) is 0 Å². The third kappa shape index (κ3) is 2.68. The van der Waals surface area contributed by atoms with Gasteiger partial charge < -0.3 is 14.9 Å². The molecule has 0 spiro atoms. The lowest BCUT2D eigenvalue weighted by Gasteiger charge is -2.23. The zero-order valence-corrected chi connectivity index (χ0v) is 10.3. The summed E-state index contributed by atoms with van der Waals surface area (Å²) in [5, 5.41) is 19.2. The van der Waals surface area contributed by atoms with Crippen LogP contribution in [0.25, 0.3) is 0 Å². The Morgan fingerprint density at radius 2 is 1.89 bits per heavy atom. The van der Waals surface area contributed by atoms with E-state index in [-0.39, 0.29) is 5.56 Å². The molecule has 0 aliphatic rings. The van der Waals surface area contributed by atoms with Crippen LogP contribution in [0, 0.1) is 0 Å². The first-order valence-electron chi connectivity index (χ1n) is 5.65. The summed E-state index contributed by atoms with van der Waals surface area (Å²) in [4.78, 5) is 23.0. The normalized spacial score (nSPS) is 15.5. The first kappa shape index (κ1) is 14.2. The number of carbonyl (C=O) groups is 2. The standard InChI is InChI=1S/C13H16O5/c1-3-9(2)18-12(16)13(17,11(14)15)10-7-5-4-6-8-10/h4-9,17H,3H2,1-2H3,(H,14,15). The summed E-state index contributed by atoms with van der Waals surface area (Å²) in [5.41, 5.74) is -2.68. The van der Waals surface area contributed by atoms with E-state index in [4.69, 9.17) is 9.84 Å². The predicted molar refractivity (Wildman–Crippen MR) is 63.8 cm³/mol. The fraction of sp³-hybridized carbons (Fsp3) is 0.385. The van der Waals surface area contributed by atoms with Crippen LogP contribution in [-0.2, 0) is 19.9 Å². The Kier molecular flexibility index (Phi) is 4.44. The Hall–Kier alpha value is -1.88. The maximum absolute atomic E-state index is 11.8. The van der Waals surface area contributed by atoms with Gasteiger partial charge in [0.15, 0.2) is 0 Å². The monoisotopic (exact) mass is 252 g/mol. The van der Waals surface area contributed by atoms with Crippen LogP contribution in [0.2, 0.25) is 0 Å². The quantitative estimate of drug-likeness (QED) is 0.609. The molecular weight excluding hydrogens is 236 g/mol. The number of hydrogen-bond acceptors (Lipinski definition) is 4. The van der Waals surface area contributed by atoms with Gasteiger partial charge in [0.25, 0.3) is 5.60 Å². The Morgan fingerprint density at radius 1 is 1.33 bits per heavy atom. The minimum absolute atomic E-state index is 0.0224. The number of benzene rings is 1. The summed E-state index contributed by atoms with van der Waals surface area (Å²) in [6.45, 7) is 3.42. The molecule has 2 unspecified atom stereocenters. The second kappa shape index (κ2) is 5.64. The van der Waals surface area contributed by atoms with Crippen LogP contribution in [0.3, 0.4) is 0 Å². The average molecular weight is 252 g/mol. The lowest BCUT2D eigenvalue weighted by Crippen LogP contribution is -2.45. The van der Waals surface area contributed by atoms with Gasteiger partial charge in [-0.3, -0.25) is 0 Å². The van der Waals surface area contributed by atoms with E-state index in [1.807, 2.05) is 0 Å². The van der Waals surface area contributed by atoms with Gasteiger partial charge in [-0.05, 0) is 13.3 Å². The maximum Gasteiger partial charge on any atom is 0.355 e. The third-order valence-electron chi connectivity index (χ3n) is 2.68. The number of carbonyl (C=O) groups excluding carboxylic acids is 1. The van der Waals surface area contributed by atoms with Crippen molar-refractivity contribution in [3.8, 4) is 0 Å². The van der Waals surface area contributed by atoms with Crippen LogP contribution in [0.5, 0.6) is 0 Å². The zero-order chi connectivity index (χ0) is 13.8. The second-order valence-electron chi connectivity index (χ2n) is 4.01. The van der Waals surface area contributed by atoms with Crippen LogP contribution in [0.15, 0.2) is 30.3 Å². The van der Waals surface area contributed by atoms with Crippen molar-refractivity contribution >= 4 is 11.9 Å². The van der Waals surface area contributed by atoms with Crippen molar-refractivity contribution in [3.63, 3.8) is 0 Å². The number of carboxylic acid groups (broad SMARTS) is 1. The second-order valence-corrected chi connectivity index (χ2v) is 4.01. The van der Waals surface area contributed by atoms with Crippen molar-refractivity contribution in [2.45, 2.75) is 32.0 Å². The van der Waals surface area contributed by atoms with Crippen LogP contribution < -0.4 is 0 Å². The highest BCUT2D eigenvalue weighted by Gasteiger charge is 2.48. The maximum atomic E-state index is 11.8. The van der Waals surface area contributed by atoms with Crippen LogP contribution >= 0.6 is 0 Å². The number of aliphatic hydroxyl groups is 1. The number of esters is 1. The Balaban J connectivity index is 3.09. The lowest BCUT2D eigenvalue weighted by atomic mass is 9.94. The number of aliphatic carboxylic acids is 1. The van der Waals surface area contributed by atoms with E-state index in [1.54, 1.807) is 32.0 Å². The SMILES string of the molecule is CCC(C)OC(=O)C(O)(C(=O)O)c1ccccc1. The summed E-state index contributed by atoms with van der Waals surface area (Å²) >= 11 is 0. The highest BCUT2D eigenvalue weighted by molar-refractivity contribution is 6.03. The molecule has 2 atom stereocenters. The number of ether oxygens (including phenoxy) is 1. The van der Waals surface area contributed by atoms with Gasteiger partial charge in [0.1, 0.15) is 0 Å². The molecule has 18 heavy (non-hydrogen) atoms. The fourth-order valence-electron chi connectivity index (χ4n) is 1.36. The molecule has 1 aromatic rings. The van der Waals surface area contributed by atoms with Crippen LogP contribution in [0.4, 0.5) is 0 Å². The van der Waals surface area contributed by atoms with E-state index in [2.05, 4.69) is 0 Å². The van der Waals surface area contributed by atoms with Gasteiger partial charge in [-0.1, -0.05) is 37.3 Å². The van der Waals surface area contributed by atoms with Crippen LogP contribution in [0.1, 0.15) is 25.8 Å². The van der Waals surface area contributed by atoms with Gasteiger partial charge in [-0.25, -0.2) is 9.59 Å². The van der Waals surface area contributed by atoms with E-state index < -0.39 is 23.6 Å². The van der Waals surface area contributed by atoms with Gasteiger partial charge >= 0.3 is 11.9 Å². The van der Waals surface area contributed by atoms with Crippen molar-refractivity contribution in [1.29, 1.82) is 0 Å². The first-order valence-corrected chi connectivity index (χ1v) is 5.65. The Bertz CT molecular complexity index is 428. The molecule has 98 valence electrons. The molecule has 5 nitrogen and oxygen atoms in total. The summed E-state index contributed by atoms with van der Waals surface area (Å²) < 4.78 is 4.91. The summed E-state index contributed by atoms with van der Waals surface area (Å²) in [5.74, 6) is -2.82. The molecule has 0 saturated carbocycles. The van der Waals surface area contributed by atoms with Gasteiger partial charge in [0.2, 0.25) is 0 Å². The fourth-order valence-corrected chi connectivity index (χ4v) is 1.36. The molecule has 0 aliphatic heterocycles. The molecule has 0 saturated heterocycles. The first-order chi connectivity index (χ1) is 8.42. The molecule has 1 aromatic carbocycles. The van der Waals surface area contributed by atoms with Crippen molar-refractivity contribution in [2.75, 3.05) is 0 Å². The molecule has 0 fully saturated rings. The largest absolute Gasteiger partial charge is 0.478 e. The Morgan fingerprint density at radius 3 is 2.33 bits per heavy atom. The molecule has 0 aromatic heterocycles. The van der Waals surface area contributed by atoms with Gasteiger partial charge in [0.05, 0.1) is 6.10 Å². The summed E-state index contributed by atoms with van der Waals surface area (Å²) in [6.07, 6.45) is 0.0862. The average Bonchev–Trinajstić information content (AvgIpc) is 2.38.